The highest BCUT2D eigenvalue weighted by atomic mass is 15.2. The smallest absolute Gasteiger partial charge is 0.0396 e. The molecule has 1 aliphatic heterocycles. The van der Waals surface area contributed by atoms with Crippen LogP contribution in [0.4, 0.5) is 5.69 Å². The molecular formula is C18H30N2. The number of anilines is 1. The van der Waals surface area contributed by atoms with Crippen LogP contribution in [0.25, 0.3) is 0 Å². The van der Waals surface area contributed by atoms with Gasteiger partial charge in [0.1, 0.15) is 0 Å². The molecule has 20 heavy (non-hydrogen) atoms. The lowest BCUT2D eigenvalue weighted by Gasteiger charge is -2.21. The summed E-state index contributed by atoms with van der Waals surface area (Å²) in [5.74, 6) is 2.33. The molecule has 2 unspecified atom stereocenters. The van der Waals surface area contributed by atoms with Crippen LogP contribution in [0, 0.1) is 24.7 Å². The molecule has 0 amide bonds. The van der Waals surface area contributed by atoms with Crippen LogP contribution in [-0.2, 0) is 6.54 Å². The summed E-state index contributed by atoms with van der Waals surface area (Å²) in [6, 6.07) is 6.94. The molecule has 1 aromatic rings. The van der Waals surface area contributed by atoms with Gasteiger partial charge in [0.05, 0.1) is 0 Å². The molecule has 0 bridgehead atoms. The molecule has 2 rings (SSSR count). The standard InChI is InChI=1S/C18H30N2/c1-13(2)9-19-10-17-6-7-18(14(3)8-17)20-11-15(4)16(5)12-20/h6-8,13,15-16,19H,9-12H2,1-5H3. The second kappa shape index (κ2) is 6.62. The van der Waals surface area contributed by atoms with E-state index in [1.54, 1.807) is 0 Å². The number of hydrogen-bond donors (Lipinski definition) is 1. The first-order valence-corrected chi connectivity index (χ1v) is 8.02. The molecule has 2 nitrogen and oxygen atoms in total. The highest BCUT2D eigenvalue weighted by molar-refractivity contribution is 5.55. The fraction of sp³-hybridized carbons (Fsp3) is 0.667. The van der Waals surface area contributed by atoms with Gasteiger partial charge < -0.3 is 10.2 Å². The van der Waals surface area contributed by atoms with Gasteiger partial charge in [-0.1, -0.05) is 39.8 Å². The number of nitrogens with one attached hydrogen (secondary N) is 1. The first kappa shape index (κ1) is 15.4. The number of hydrogen-bond acceptors (Lipinski definition) is 2. The van der Waals surface area contributed by atoms with E-state index in [1.165, 1.54) is 29.9 Å². The third-order valence-corrected chi connectivity index (χ3v) is 4.47. The maximum atomic E-state index is 3.52. The molecule has 1 fully saturated rings. The van der Waals surface area contributed by atoms with E-state index in [1.807, 2.05) is 0 Å². The summed E-state index contributed by atoms with van der Waals surface area (Å²) >= 11 is 0. The number of aryl methyl sites for hydroxylation is 1. The fourth-order valence-corrected chi connectivity index (χ4v) is 3.01. The zero-order chi connectivity index (χ0) is 14.7. The van der Waals surface area contributed by atoms with Crippen LogP contribution in [0.15, 0.2) is 18.2 Å². The summed E-state index contributed by atoms with van der Waals surface area (Å²) in [6.07, 6.45) is 0. The van der Waals surface area contributed by atoms with Gasteiger partial charge in [-0.25, -0.2) is 0 Å². The van der Waals surface area contributed by atoms with Gasteiger partial charge in [-0.2, -0.15) is 0 Å². The lowest BCUT2D eigenvalue weighted by Crippen LogP contribution is -2.21. The molecular weight excluding hydrogens is 244 g/mol. The van der Waals surface area contributed by atoms with Crippen molar-refractivity contribution in [3.05, 3.63) is 29.3 Å². The third-order valence-electron chi connectivity index (χ3n) is 4.47. The zero-order valence-corrected chi connectivity index (χ0v) is 13.7. The summed E-state index contributed by atoms with van der Waals surface area (Å²) in [5.41, 5.74) is 4.23. The predicted octanol–water partition coefficient (Wildman–Crippen LogP) is 3.83. The predicted molar refractivity (Wildman–Crippen MR) is 88.3 cm³/mol. The average molecular weight is 274 g/mol. The van der Waals surface area contributed by atoms with Crippen LogP contribution in [0.3, 0.4) is 0 Å². The van der Waals surface area contributed by atoms with Crippen molar-refractivity contribution in [1.82, 2.24) is 5.32 Å². The minimum atomic E-state index is 0.711. The second-order valence-electron chi connectivity index (χ2n) is 7.01. The normalized spacial score (nSPS) is 22.8. The van der Waals surface area contributed by atoms with Gasteiger partial charge in [0.15, 0.2) is 0 Å². The van der Waals surface area contributed by atoms with Gasteiger partial charge in [0, 0.05) is 25.3 Å². The van der Waals surface area contributed by atoms with E-state index in [4.69, 9.17) is 0 Å². The molecule has 112 valence electrons. The van der Waals surface area contributed by atoms with Crippen molar-refractivity contribution in [3.8, 4) is 0 Å². The Kier molecular flexibility index (Phi) is 5.09. The molecule has 2 heteroatoms. The van der Waals surface area contributed by atoms with Crippen molar-refractivity contribution in [1.29, 1.82) is 0 Å². The van der Waals surface area contributed by atoms with Gasteiger partial charge in [-0.05, 0) is 48.4 Å². The third kappa shape index (κ3) is 3.76. The Morgan fingerprint density at radius 1 is 1.20 bits per heavy atom. The van der Waals surface area contributed by atoms with Crippen molar-refractivity contribution in [2.45, 2.75) is 41.2 Å². The molecule has 1 aliphatic rings. The van der Waals surface area contributed by atoms with Crippen LogP contribution >= 0.6 is 0 Å². The minimum absolute atomic E-state index is 0.711. The van der Waals surface area contributed by atoms with E-state index in [9.17, 15) is 0 Å². The van der Waals surface area contributed by atoms with E-state index >= 15 is 0 Å². The first-order chi connectivity index (χ1) is 9.47. The summed E-state index contributed by atoms with van der Waals surface area (Å²) in [6.45, 7) is 15.9. The molecule has 1 heterocycles. The van der Waals surface area contributed by atoms with Crippen molar-refractivity contribution in [3.63, 3.8) is 0 Å². The van der Waals surface area contributed by atoms with Crippen LogP contribution in [0.5, 0.6) is 0 Å². The van der Waals surface area contributed by atoms with Gasteiger partial charge in [0.25, 0.3) is 0 Å². The van der Waals surface area contributed by atoms with Crippen LogP contribution < -0.4 is 10.2 Å². The van der Waals surface area contributed by atoms with Crippen molar-refractivity contribution in [2.24, 2.45) is 17.8 Å². The molecule has 0 spiro atoms. The highest BCUT2D eigenvalue weighted by Crippen LogP contribution is 2.30. The maximum absolute atomic E-state index is 3.52. The maximum Gasteiger partial charge on any atom is 0.0396 e. The van der Waals surface area contributed by atoms with Gasteiger partial charge in [-0.15, -0.1) is 0 Å². The Balaban J connectivity index is 1.99. The van der Waals surface area contributed by atoms with E-state index in [2.05, 4.69) is 63.0 Å². The highest BCUT2D eigenvalue weighted by Gasteiger charge is 2.26. The Morgan fingerprint density at radius 2 is 1.85 bits per heavy atom. The number of rotatable bonds is 5. The molecule has 0 aromatic heterocycles. The summed E-state index contributed by atoms with van der Waals surface area (Å²) in [4.78, 5) is 2.55. The Labute approximate surface area is 124 Å². The monoisotopic (exact) mass is 274 g/mol. The van der Waals surface area contributed by atoms with Crippen LogP contribution in [-0.4, -0.2) is 19.6 Å². The first-order valence-electron chi connectivity index (χ1n) is 8.02. The Morgan fingerprint density at radius 3 is 2.40 bits per heavy atom. The quantitative estimate of drug-likeness (QED) is 0.878. The fourth-order valence-electron chi connectivity index (χ4n) is 3.01. The molecule has 1 aromatic carbocycles. The molecule has 2 atom stereocenters. The topological polar surface area (TPSA) is 15.3 Å². The molecule has 0 aliphatic carbocycles. The Bertz CT molecular complexity index is 429. The van der Waals surface area contributed by atoms with E-state index < -0.39 is 0 Å². The van der Waals surface area contributed by atoms with E-state index in [0.717, 1.165) is 24.9 Å². The molecule has 0 radical (unpaired) electrons. The largest absolute Gasteiger partial charge is 0.371 e. The second-order valence-corrected chi connectivity index (χ2v) is 7.01. The van der Waals surface area contributed by atoms with E-state index in [0.29, 0.717) is 5.92 Å². The van der Waals surface area contributed by atoms with Crippen LogP contribution in [0.1, 0.15) is 38.8 Å². The summed E-state index contributed by atoms with van der Waals surface area (Å²) < 4.78 is 0. The minimum Gasteiger partial charge on any atom is -0.371 e. The molecule has 1 saturated heterocycles. The number of benzene rings is 1. The van der Waals surface area contributed by atoms with Gasteiger partial charge in [0.2, 0.25) is 0 Å². The SMILES string of the molecule is Cc1cc(CNCC(C)C)ccc1N1CC(C)C(C)C1. The number of nitrogens with zero attached hydrogens (tertiary/aromatic N) is 1. The molecule has 0 saturated carbocycles. The lowest BCUT2D eigenvalue weighted by molar-refractivity contribution is 0.494. The zero-order valence-electron chi connectivity index (χ0n) is 13.7. The van der Waals surface area contributed by atoms with Crippen molar-refractivity contribution >= 4 is 5.69 Å². The van der Waals surface area contributed by atoms with Crippen LogP contribution in [0.2, 0.25) is 0 Å². The summed E-state index contributed by atoms with van der Waals surface area (Å²) in [5, 5.41) is 3.52. The van der Waals surface area contributed by atoms with E-state index in [-0.39, 0.29) is 0 Å². The average Bonchev–Trinajstić information content (AvgIpc) is 2.69. The Hall–Kier alpha value is -1.02. The van der Waals surface area contributed by atoms with Crippen molar-refractivity contribution in [2.75, 3.05) is 24.5 Å². The summed E-state index contributed by atoms with van der Waals surface area (Å²) in [7, 11) is 0. The van der Waals surface area contributed by atoms with Gasteiger partial charge in [-0.3, -0.25) is 0 Å². The lowest BCUT2D eigenvalue weighted by atomic mass is 10.0. The van der Waals surface area contributed by atoms with Gasteiger partial charge >= 0.3 is 0 Å². The molecule has 1 N–H and O–H groups in total. The van der Waals surface area contributed by atoms with Crippen molar-refractivity contribution < 1.29 is 0 Å².